The van der Waals surface area contributed by atoms with Crippen LogP contribution in [0.25, 0.3) is 11.0 Å². The highest BCUT2D eigenvalue weighted by Crippen LogP contribution is 2.32. The monoisotopic (exact) mass is 494 g/mol. The molecule has 1 atom stereocenters. The number of ether oxygens (including phenoxy) is 1. The zero-order chi connectivity index (χ0) is 24.8. The molecule has 10 nitrogen and oxygen atoms in total. The first-order chi connectivity index (χ1) is 16.9. The standard InChI is InChI=1S/C24H26N6O4S/c1-17(31)27-18-6-8-19(9-7-18)35(32,33)22(16-25)23-24(26-10-11-30-12-14-34-15-13-30)29-21-5-3-2-4-20(21)28-23/h2-9,22H,10-15H2,1H3,(H,26,29)(H,27,31)/t22-/m1/s1. The van der Waals surface area contributed by atoms with E-state index in [2.05, 4.69) is 25.5 Å². The quantitative estimate of drug-likeness (QED) is 0.483. The first kappa shape index (κ1) is 24.5. The van der Waals surface area contributed by atoms with E-state index >= 15 is 0 Å². The summed E-state index contributed by atoms with van der Waals surface area (Å²) in [5.74, 6) is -0.00306. The Balaban J connectivity index is 1.66. The molecule has 0 saturated carbocycles. The fraction of sp³-hybridized carbons (Fsp3) is 0.333. The van der Waals surface area contributed by atoms with Crippen LogP contribution < -0.4 is 10.6 Å². The Morgan fingerprint density at radius 2 is 1.77 bits per heavy atom. The Morgan fingerprint density at radius 1 is 1.11 bits per heavy atom. The molecule has 1 aliphatic rings. The van der Waals surface area contributed by atoms with Crippen molar-refractivity contribution in [2.75, 3.05) is 50.0 Å². The lowest BCUT2D eigenvalue weighted by molar-refractivity contribution is -0.114. The molecule has 0 radical (unpaired) electrons. The molecule has 4 rings (SSSR count). The van der Waals surface area contributed by atoms with Crippen LogP contribution in [-0.2, 0) is 19.4 Å². The molecule has 1 aliphatic heterocycles. The smallest absolute Gasteiger partial charge is 0.221 e. The average Bonchev–Trinajstić information content (AvgIpc) is 2.85. The first-order valence-electron chi connectivity index (χ1n) is 11.2. The van der Waals surface area contributed by atoms with Gasteiger partial charge in [-0.3, -0.25) is 9.69 Å². The maximum absolute atomic E-state index is 13.5. The number of nitrogens with zero attached hydrogens (tertiary/aromatic N) is 4. The van der Waals surface area contributed by atoms with Gasteiger partial charge in [0.05, 0.1) is 35.2 Å². The summed E-state index contributed by atoms with van der Waals surface area (Å²) in [6.45, 7) is 5.58. The molecule has 0 aliphatic carbocycles. The normalized spacial score (nSPS) is 15.3. The molecule has 3 aromatic rings. The van der Waals surface area contributed by atoms with Gasteiger partial charge >= 0.3 is 0 Å². The van der Waals surface area contributed by atoms with Crippen molar-refractivity contribution in [1.29, 1.82) is 5.26 Å². The molecule has 1 aromatic heterocycles. The number of aromatic nitrogens is 2. The van der Waals surface area contributed by atoms with Crippen molar-refractivity contribution in [3.8, 4) is 6.07 Å². The van der Waals surface area contributed by atoms with Crippen LogP contribution in [0.3, 0.4) is 0 Å². The van der Waals surface area contributed by atoms with Gasteiger partial charge in [-0.2, -0.15) is 5.26 Å². The fourth-order valence-corrected chi connectivity index (χ4v) is 5.21. The number of nitrogens with one attached hydrogen (secondary N) is 2. The van der Waals surface area contributed by atoms with Crippen molar-refractivity contribution in [3.05, 3.63) is 54.2 Å². The van der Waals surface area contributed by atoms with Crippen LogP contribution in [0.15, 0.2) is 53.4 Å². The second-order valence-corrected chi connectivity index (χ2v) is 10.1. The zero-order valence-electron chi connectivity index (χ0n) is 19.3. The minimum absolute atomic E-state index is 0.0487. The Bertz CT molecular complexity index is 1350. The van der Waals surface area contributed by atoms with E-state index in [0.29, 0.717) is 43.0 Å². The summed E-state index contributed by atoms with van der Waals surface area (Å²) in [4.78, 5) is 22.6. The number of benzene rings is 2. The number of rotatable bonds is 8. The van der Waals surface area contributed by atoms with Crippen molar-refractivity contribution in [2.45, 2.75) is 17.1 Å². The third-order valence-corrected chi connectivity index (χ3v) is 7.48. The lowest BCUT2D eigenvalue weighted by Crippen LogP contribution is -2.39. The number of morpholine rings is 1. The Morgan fingerprint density at radius 3 is 2.40 bits per heavy atom. The predicted molar refractivity (Wildman–Crippen MR) is 132 cm³/mol. The Hall–Kier alpha value is -3.59. The van der Waals surface area contributed by atoms with Crippen LogP contribution in [0.4, 0.5) is 11.5 Å². The largest absolute Gasteiger partial charge is 0.379 e. The van der Waals surface area contributed by atoms with E-state index in [0.717, 1.165) is 13.1 Å². The van der Waals surface area contributed by atoms with Gasteiger partial charge in [0.1, 0.15) is 5.69 Å². The van der Waals surface area contributed by atoms with E-state index < -0.39 is 15.1 Å². The SMILES string of the molecule is CC(=O)Nc1ccc(S(=O)(=O)[C@H](C#N)c2nc3ccccc3nc2NCCN2CCOCC2)cc1. The van der Waals surface area contributed by atoms with Crippen LogP contribution in [0, 0.1) is 11.3 Å². The van der Waals surface area contributed by atoms with Gasteiger partial charge in [0.25, 0.3) is 0 Å². The van der Waals surface area contributed by atoms with Gasteiger partial charge in [-0.05, 0) is 36.4 Å². The molecule has 2 N–H and O–H groups in total. The van der Waals surface area contributed by atoms with E-state index in [1.165, 1.54) is 31.2 Å². The van der Waals surface area contributed by atoms with Crippen LogP contribution in [0.5, 0.6) is 0 Å². The van der Waals surface area contributed by atoms with E-state index in [-0.39, 0.29) is 22.3 Å². The number of para-hydroxylation sites is 2. The third-order valence-electron chi connectivity index (χ3n) is 5.60. The Kier molecular flexibility index (Phi) is 7.55. The van der Waals surface area contributed by atoms with Gasteiger partial charge in [-0.25, -0.2) is 18.4 Å². The zero-order valence-corrected chi connectivity index (χ0v) is 20.1. The summed E-state index contributed by atoms with van der Waals surface area (Å²) in [5.41, 5.74) is 1.61. The number of fused-ring (bicyclic) bond motifs is 1. The van der Waals surface area contributed by atoms with Gasteiger partial charge < -0.3 is 15.4 Å². The lowest BCUT2D eigenvalue weighted by atomic mass is 10.2. The number of hydrogen-bond acceptors (Lipinski definition) is 9. The first-order valence-corrected chi connectivity index (χ1v) is 12.7. The van der Waals surface area contributed by atoms with Crippen molar-refractivity contribution < 1.29 is 17.9 Å². The number of nitriles is 1. The van der Waals surface area contributed by atoms with Crippen LogP contribution in [-0.4, -0.2) is 68.6 Å². The lowest BCUT2D eigenvalue weighted by Gasteiger charge is -2.26. The summed E-state index contributed by atoms with van der Waals surface area (Å²) in [7, 11) is -4.13. The highest BCUT2D eigenvalue weighted by atomic mass is 32.2. The molecule has 1 fully saturated rings. The second-order valence-electron chi connectivity index (χ2n) is 8.09. The van der Waals surface area contributed by atoms with Gasteiger partial charge in [-0.15, -0.1) is 0 Å². The van der Waals surface area contributed by atoms with Gasteiger partial charge in [0.2, 0.25) is 15.7 Å². The summed E-state index contributed by atoms with van der Waals surface area (Å²) in [5, 5.41) is 14.2. The molecule has 1 amide bonds. The minimum Gasteiger partial charge on any atom is -0.379 e. The van der Waals surface area contributed by atoms with E-state index in [4.69, 9.17) is 4.74 Å². The van der Waals surface area contributed by atoms with Crippen molar-refractivity contribution in [2.24, 2.45) is 0 Å². The molecule has 0 bridgehead atoms. The minimum atomic E-state index is -4.13. The molecular formula is C24H26N6O4S. The number of hydrogen-bond donors (Lipinski definition) is 2. The van der Waals surface area contributed by atoms with E-state index in [9.17, 15) is 18.5 Å². The van der Waals surface area contributed by atoms with E-state index in [1.807, 2.05) is 12.1 Å². The van der Waals surface area contributed by atoms with E-state index in [1.54, 1.807) is 18.2 Å². The Labute approximate surface area is 203 Å². The molecule has 35 heavy (non-hydrogen) atoms. The van der Waals surface area contributed by atoms with Crippen molar-refractivity contribution in [3.63, 3.8) is 0 Å². The molecule has 11 heteroatoms. The van der Waals surface area contributed by atoms with Crippen molar-refractivity contribution >= 4 is 38.3 Å². The molecule has 2 aromatic carbocycles. The summed E-state index contributed by atoms with van der Waals surface area (Å²) >= 11 is 0. The van der Waals surface area contributed by atoms with Gasteiger partial charge in [0, 0.05) is 38.8 Å². The highest BCUT2D eigenvalue weighted by molar-refractivity contribution is 7.92. The number of amides is 1. The predicted octanol–water partition coefficient (Wildman–Crippen LogP) is 2.37. The number of anilines is 2. The second kappa shape index (κ2) is 10.8. The summed E-state index contributed by atoms with van der Waals surface area (Å²) in [6.07, 6.45) is 0. The van der Waals surface area contributed by atoms with Crippen LogP contribution >= 0.6 is 0 Å². The average molecular weight is 495 g/mol. The molecule has 182 valence electrons. The van der Waals surface area contributed by atoms with Crippen LogP contribution in [0.2, 0.25) is 0 Å². The maximum atomic E-state index is 13.5. The van der Waals surface area contributed by atoms with Gasteiger partial charge in [-0.1, -0.05) is 12.1 Å². The summed E-state index contributed by atoms with van der Waals surface area (Å²) in [6, 6.07) is 14.7. The topological polar surface area (TPSA) is 137 Å². The number of carbonyl (C=O) groups is 1. The molecule has 2 heterocycles. The molecule has 0 spiro atoms. The number of sulfone groups is 1. The molecule has 1 saturated heterocycles. The molecular weight excluding hydrogens is 468 g/mol. The molecule has 0 unspecified atom stereocenters. The van der Waals surface area contributed by atoms with Gasteiger partial charge in [0.15, 0.2) is 11.1 Å². The fourth-order valence-electron chi connectivity index (χ4n) is 3.83. The third kappa shape index (κ3) is 5.74. The highest BCUT2D eigenvalue weighted by Gasteiger charge is 2.33. The number of carbonyl (C=O) groups excluding carboxylic acids is 1. The summed E-state index contributed by atoms with van der Waals surface area (Å²) < 4.78 is 32.3. The van der Waals surface area contributed by atoms with Crippen molar-refractivity contribution in [1.82, 2.24) is 14.9 Å². The van der Waals surface area contributed by atoms with Crippen LogP contribution in [0.1, 0.15) is 17.9 Å². The maximum Gasteiger partial charge on any atom is 0.221 e.